The van der Waals surface area contributed by atoms with Crippen LogP contribution in [0.4, 0.5) is 0 Å². The zero-order valence-corrected chi connectivity index (χ0v) is 60.2. The molecule has 0 saturated heterocycles. The summed E-state index contributed by atoms with van der Waals surface area (Å²) in [6, 6.07) is 124. The molecule has 0 N–H and O–H groups in total. The normalized spacial score (nSPS) is 11.8. The van der Waals surface area contributed by atoms with Crippen LogP contribution in [0.5, 0.6) is 0 Å². The smallest absolute Gasteiger partial charge is 0.235 e. The Morgan fingerprint density at radius 3 is 0.839 bits per heavy atom. The van der Waals surface area contributed by atoms with Crippen molar-refractivity contribution in [1.82, 2.24) is 58.1 Å². The average Bonchev–Trinajstić information content (AvgIpc) is 1.59. The summed E-state index contributed by atoms with van der Waals surface area (Å²) in [4.78, 5) is 39.0. The quantitative estimate of drug-likeness (QED) is 0.124. The van der Waals surface area contributed by atoms with E-state index in [0.29, 0.717) is 11.9 Å². The van der Waals surface area contributed by atoms with Crippen molar-refractivity contribution in [3.8, 4) is 91.1 Å². The topological polar surface area (TPSA) is 123 Å². The fraction of sp³-hybridized carbons (Fsp3) is 0. The van der Waals surface area contributed by atoms with Gasteiger partial charge in [0.15, 0.2) is 0 Å². The molecule has 0 fully saturated rings. The molecular weight excluding hydrogens is 1370 g/mol. The molecule has 0 amide bonds. The molecule has 112 heavy (non-hydrogen) atoms. The van der Waals surface area contributed by atoms with Crippen LogP contribution in [0, 0.1) is 0 Å². The van der Waals surface area contributed by atoms with Gasteiger partial charge in [-0.15, -0.1) is 0 Å². The summed E-state index contributed by atoms with van der Waals surface area (Å²) < 4.78 is 9.11. The first-order valence-electron chi connectivity index (χ1n) is 37.5. The van der Waals surface area contributed by atoms with E-state index in [2.05, 4.69) is 305 Å². The SMILES string of the molecule is c1ccc(-c2cc(-c3ccccn3)nc(-n3c4ccccc4c4cc(-c5ccc6c(c5)c5ccccc5n6-c5ccc6c(ccc7ccccc76)c5)ccc43)n2)nc1.c1ccc(-c2cc(-c3ccccn3)nc(-n3c4ccccc4c4cc(-c5ccc6c(c5)c5ccccc5n6-c5ccc6ccccc6c5)ccc43)n2)nc1. The molecule has 12 heteroatoms. The lowest BCUT2D eigenvalue weighted by Crippen LogP contribution is -2.04. The molecule has 0 bridgehead atoms. The summed E-state index contributed by atoms with van der Waals surface area (Å²) in [6.07, 6.45) is 7.16. The summed E-state index contributed by atoms with van der Waals surface area (Å²) >= 11 is 0. The van der Waals surface area contributed by atoms with Crippen molar-refractivity contribution < 1.29 is 0 Å². The van der Waals surface area contributed by atoms with Crippen LogP contribution in [-0.2, 0) is 0 Å². The number of hydrogen-bond donors (Lipinski definition) is 0. The Balaban J connectivity index is 0.000000138. The van der Waals surface area contributed by atoms with E-state index in [0.717, 1.165) is 123 Å². The van der Waals surface area contributed by atoms with Crippen molar-refractivity contribution in [1.29, 1.82) is 0 Å². The summed E-state index contributed by atoms with van der Waals surface area (Å²) in [5.74, 6) is 1.14. The zero-order valence-electron chi connectivity index (χ0n) is 60.2. The van der Waals surface area contributed by atoms with E-state index < -0.39 is 0 Å². The lowest BCUT2D eigenvalue weighted by Gasteiger charge is -2.11. The van der Waals surface area contributed by atoms with Crippen molar-refractivity contribution in [3.05, 3.63) is 377 Å². The maximum absolute atomic E-state index is 5.13. The number of nitrogens with zero attached hydrogens (tertiary/aromatic N) is 12. The van der Waals surface area contributed by atoms with Gasteiger partial charge in [0.05, 0.1) is 89.7 Å². The highest BCUT2D eigenvalue weighted by Crippen LogP contribution is 2.43. The number of para-hydroxylation sites is 4. The number of rotatable bonds is 10. The van der Waals surface area contributed by atoms with Gasteiger partial charge in [0.2, 0.25) is 11.9 Å². The van der Waals surface area contributed by atoms with Crippen molar-refractivity contribution in [3.63, 3.8) is 0 Å². The molecule has 0 aliphatic heterocycles. The first kappa shape index (κ1) is 63.8. The standard InChI is InChI=1S/C52H32N6.C48H30N6/c1-2-12-38-33(11-1)19-20-36-29-37(23-24-39(36)38)57-48-17-5-3-13-40(48)42-30-34(21-25-50(42)57)35-22-26-51-43(31-35)41-14-4-6-18-49(41)58(51)52-55-46(44-15-7-9-27-53-44)32-47(56-52)45-16-8-10-28-54-45;1-2-12-32-27-35(22-19-31(32)11-1)53-44-17-5-3-13-36(44)38-28-33(20-23-46(38)53)34-21-24-47-39(29-34)37-14-4-6-18-45(37)54(47)48-51-42(40-15-7-9-25-49-40)30-43(52-48)41-16-8-10-26-50-41/h1-32H;1-30H. The molecule has 23 rings (SSSR count). The van der Waals surface area contributed by atoms with Crippen molar-refractivity contribution in [2.24, 2.45) is 0 Å². The van der Waals surface area contributed by atoms with Crippen LogP contribution >= 0.6 is 0 Å². The van der Waals surface area contributed by atoms with E-state index in [1.165, 1.54) is 75.9 Å². The lowest BCUT2D eigenvalue weighted by molar-refractivity contribution is 0.988. The van der Waals surface area contributed by atoms with Gasteiger partial charge in [0, 0.05) is 79.3 Å². The highest BCUT2D eigenvalue weighted by molar-refractivity contribution is 6.16. The van der Waals surface area contributed by atoms with Crippen molar-refractivity contribution in [2.75, 3.05) is 0 Å². The maximum atomic E-state index is 5.13. The minimum absolute atomic E-state index is 0.568. The van der Waals surface area contributed by atoms with Gasteiger partial charge in [-0.3, -0.25) is 29.1 Å². The third kappa shape index (κ3) is 10.8. The highest BCUT2D eigenvalue weighted by Gasteiger charge is 2.23. The van der Waals surface area contributed by atoms with Crippen LogP contribution in [0.1, 0.15) is 0 Å². The number of fused-ring (bicyclic) bond motifs is 16. The predicted molar refractivity (Wildman–Crippen MR) is 458 cm³/mol. The Morgan fingerprint density at radius 1 is 0.161 bits per heavy atom. The minimum atomic E-state index is 0.568. The molecule has 0 unspecified atom stereocenters. The van der Waals surface area contributed by atoms with E-state index in [9.17, 15) is 0 Å². The van der Waals surface area contributed by atoms with E-state index in [-0.39, 0.29) is 0 Å². The van der Waals surface area contributed by atoms with Gasteiger partial charge in [0.1, 0.15) is 0 Å². The molecule has 10 aromatic heterocycles. The molecule has 10 heterocycles. The summed E-state index contributed by atoms with van der Waals surface area (Å²) in [6.45, 7) is 0. The van der Waals surface area contributed by atoms with E-state index in [1.807, 2.05) is 84.9 Å². The Morgan fingerprint density at radius 2 is 0.446 bits per heavy atom. The van der Waals surface area contributed by atoms with Gasteiger partial charge >= 0.3 is 0 Å². The Kier molecular flexibility index (Phi) is 15.0. The average molecular weight is 1430 g/mol. The summed E-state index contributed by atoms with van der Waals surface area (Å²) in [5, 5.41) is 16.9. The first-order chi connectivity index (χ1) is 55.5. The molecule has 12 nitrogen and oxygen atoms in total. The van der Waals surface area contributed by atoms with Crippen LogP contribution in [0.2, 0.25) is 0 Å². The third-order valence-electron chi connectivity index (χ3n) is 21.9. The second-order valence-corrected chi connectivity index (χ2v) is 28.3. The minimum Gasteiger partial charge on any atom is -0.309 e. The van der Waals surface area contributed by atoms with E-state index in [4.69, 9.17) is 19.9 Å². The second-order valence-electron chi connectivity index (χ2n) is 28.3. The fourth-order valence-corrected chi connectivity index (χ4v) is 16.7. The van der Waals surface area contributed by atoms with Gasteiger partial charge < -0.3 is 9.13 Å². The van der Waals surface area contributed by atoms with Crippen LogP contribution in [-0.4, -0.2) is 58.1 Å². The largest absolute Gasteiger partial charge is 0.309 e. The second kappa shape index (κ2) is 26.2. The molecule has 0 atom stereocenters. The number of aromatic nitrogens is 12. The van der Waals surface area contributed by atoms with Crippen LogP contribution in [0.3, 0.4) is 0 Å². The summed E-state index contributed by atoms with van der Waals surface area (Å²) in [5.41, 5.74) is 21.8. The monoisotopic (exact) mass is 1430 g/mol. The van der Waals surface area contributed by atoms with E-state index >= 15 is 0 Å². The Hall–Kier alpha value is -15.4. The Labute approximate surface area is 641 Å². The first-order valence-corrected chi connectivity index (χ1v) is 37.5. The van der Waals surface area contributed by atoms with Crippen molar-refractivity contribution in [2.45, 2.75) is 0 Å². The van der Waals surface area contributed by atoms with Gasteiger partial charge in [-0.2, -0.15) is 0 Å². The Bertz CT molecular complexity index is 7580. The molecule has 522 valence electrons. The fourth-order valence-electron chi connectivity index (χ4n) is 16.7. The summed E-state index contributed by atoms with van der Waals surface area (Å²) in [7, 11) is 0. The number of benzene rings is 13. The number of hydrogen-bond acceptors (Lipinski definition) is 8. The van der Waals surface area contributed by atoms with Crippen LogP contribution in [0.15, 0.2) is 377 Å². The molecule has 0 saturated carbocycles. The van der Waals surface area contributed by atoms with Gasteiger partial charge in [-0.1, -0.05) is 194 Å². The highest BCUT2D eigenvalue weighted by atomic mass is 15.2. The van der Waals surface area contributed by atoms with E-state index in [1.54, 1.807) is 24.8 Å². The molecule has 0 aliphatic carbocycles. The van der Waals surface area contributed by atoms with Gasteiger partial charge in [-0.25, -0.2) is 19.9 Å². The number of pyridine rings is 4. The third-order valence-corrected chi connectivity index (χ3v) is 21.9. The molecule has 23 aromatic rings. The maximum Gasteiger partial charge on any atom is 0.235 e. The van der Waals surface area contributed by atoms with Gasteiger partial charge in [0.25, 0.3) is 0 Å². The van der Waals surface area contributed by atoms with Crippen molar-refractivity contribution >= 4 is 120 Å². The zero-order chi connectivity index (χ0) is 73.7. The van der Waals surface area contributed by atoms with Crippen LogP contribution in [0.25, 0.3) is 211 Å². The molecule has 13 aromatic carbocycles. The lowest BCUT2D eigenvalue weighted by atomic mass is 10.0. The molecule has 0 radical (unpaired) electrons. The predicted octanol–water partition coefficient (Wildman–Crippen LogP) is 24.4. The molecule has 0 spiro atoms. The van der Waals surface area contributed by atoms with Gasteiger partial charge in [-0.05, 0) is 212 Å². The molecular formula is C100H62N12. The van der Waals surface area contributed by atoms with Crippen LogP contribution < -0.4 is 0 Å². The molecule has 0 aliphatic rings.